The zero-order valence-corrected chi connectivity index (χ0v) is 17.7. The second-order valence-corrected chi connectivity index (χ2v) is 7.42. The molecule has 0 amide bonds. The molecule has 0 aromatic heterocycles. The van der Waals surface area contributed by atoms with E-state index in [4.69, 9.17) is 0 Å². The molecule has 19 heteroatoms. The number of carbonyl (C=O) groups is 1. The Kier molecular flexibility index (Phi) is 10.1. The molecule has 2 nitrogen and oxygen atoms in total. The Labute approximate surface area is 191 Å². The van der Waals surface area contributed by atoms with E-state index in [0.29, 0.717) is 19.3 Å². The number of alkyl halides is 17. The van der Waals surface area contributed by atoms with Crippen LogP contribution in [0.4, 0.5) is 74.6 Å². The quantitative estimate of drug-likeness (QED) is 0.119. The van der Waals surface area contributed by atoms with Gasteiger partial charge in [0.2, 0.25) is 0 Å². The predicted octanol–water partition coefficient (Wildman–Crippen LogP) is 7.90. The number of rotatable bonds is 14. The molecule has 0 aliphatic heterocycles. The van der Waals surface area contributed by atoms with Crippen LogP contribution in [0.3, 0.4) is 0 Å². The lowest BCUT2D eigenvalue weighted by atomic mass is 9.89. The van der Waals surface area contributed by atoms with Crippen LogP contribution in [0.2, 0.25) is 0 Å². The third kappa shape index (κ3) is 5.43. The highest BCUT2D eigenvalue weighted by Crippen LogP contribution is 2.64. The van der Waals surface area contributed by atoms with Crippen LogP contribution in [-0.2, 0) is 9.53 Å². The number of hydrogen-bond acceptors (Lipinski definition) is 2. The molecule has 0 saturated carbocycles. The van der Waals surface area contributed by atoms with E-state index < -0.39 is 60.2 Å². The lowest BCUT2D eigenvalue weighted by Gasteiger charge is -2.42. The first-order valence-electron chi connectivity index (χ1n) is 9.62. The summed E-state index contributed by atoms with van der Waals surface area (Å²) in [4.78, 5) is 11.1. The fraction of sp³-hybridized carbons (Fsp3) is 0.941. The van der Waals surface area contributed by atoms with Crippen molar-refractivity contribution in [2.24, 2.45) is 0 Å². The van der Waals surface area contributed by atoms with Gasteiger partial charge < -0.3 is 4.74 Å². The number of unbranched alkanes of at least 4 members (excludes halogenated alkanes) is 5. The van der Waals surface area contributed by atoms with Gasteiger partial charge in [0, 0.05) is 0 Å². The van der Waals surface area contributed by atoms with Gasteiger partial charge in [-0.25, -0.2) is 4.79 Å². The SMILES string of the molecule is CCCCCCCCOC(=O)C(F)(F)C(F)(F)C(F)(F)C(F)(F)C(F)(F)C(F)(F)C(F)(F)C(F)(F)F. The fourth-order valence-corrected chi connectivity index (χ4v) is 2.43. The molecule has 0 aromatic carbocycles. The van der Waals surface area contributed by atoms with Gasteiger partial charge in [-0.15, -0.1) is 0 Å². The van der Waals surface area contributed by atoms with Crippen molar-refractivity contribution >= 4 is 5.97 Å². The van der Waals surface area contributed by atoms with E-state index in [2.05, 4.69) is 4.74 Å². The summed E-state index contributed by atoms with van der Waals surface area (Å²) in [5.41, 5.74) is 0. The summed E-state index contributed by atoms with van der Waals surface area (Å²) in [5, 5.41) is 0. The van der Waals surface area contributed by atoms with Gasteiger partial charge >= 0.3 is 53.6 Å². The lowest BCUT2D eigenvalue weighted by Crippen LogP contribution is -2.75. The molecule has 36 heavy (non-hydrogen) atoms. The Morgan fingerprint density at radius 1 is 0.500 bits per heavy atom. The zero-order chi connectivity index (χ0) is 29.2. The highest BCUT2D eigenvalue weighted by molar-refractivity contribution is 5.79. The topological polar surface area (TPSA) is 26.3 Å². The van der Waals surface area contributed by atoms with Gasteiger partial charge in [0.05, 0.1) is 6.61 Å². The number of ether oxygens (including phenoxy) is 1. The van der Waals surface area contributed by atoms with Crippen molar-refractivity contribution in [2.45, 2.75) is 93.1 Å². The molecule has 0 fully saturated rings. The summed E-state index contributed by atoms with van der Waals surface area (Å²) in [7, 11) is 0. The number of halogens is 17. The molecule has 0 unspecified atom stereocenters. The largest absolute Gasteiger partial charge is 0.461 e. The summed E-state index contributed by atoms with van der Waals surface area (Å²) < 4.78 is 226. The third-order valence-corrected chi connectivity index (χ3v) is 4.71. The number of carbonyl (C=O) groups excluding carboxylic acids is 1. The van der Waals surface area contributed by atoms with Crippen molar-refractivity contribution in [3.8, 4) is 0 Å². The average Bonchev–Trinajstić information content (AvgIpc) is 2.71. The van der Waals surface area contributed by atoms with E-state index in [9.17, 15) is 79.4 Å². The van der Waals surface area contributed by atoms with E-state index in [1.807, 2.05) is 0 Å². The van der Waals surface area contributed by atoms with Crippen LogP contribution < -0.4 is 0 Å². The molecule has 0 N–H and O–H groups in total. The van der Waals surface area contributed by atoms with Crippen LogP contribution in [0, 0.1) is 0 Å². The smallest absolute Gasteiger partial charge is 0.460 e. The monoisotopic (exact) mass is 576 g/mol. The van der Waals surface area contributed by atoms with E-state index in [0.717, 1.165) is 6.42 Å². The van der Waals surface area contributed by atoms with Gasteiger partial charge in [0.25, 0.3) is 0 Å². The molecule has 0 radical (unpaired) electrons. The zero-order valence-electron chi connectivity index (χ0n) is 17.7. The van der Waals surface area contributed by atoms with Crippen LogP contribution in [0.25, 0.3) is 0 Å². The van der Waals surface area contributed by atoms with Crippen molar-refractivity contribution in [2.75, 3.05) is 6.61 Å². The van der Waals surface area contributed by atoms with Crippen LogP contribution in [-0.4, -0.2) is 60.2 Å². The summed E-state index contributed by atoms with van der Waals surface area (Å²) in [6.45, 7) is 0.590. The first-order chi connectivity index (χ1) is 15.7. The summed E-state index contributed by atoms with van der Waals surface area (Å²) in [5.74, 6) is -61.7. The van der Waals surface area contributed by atoms with Gasteiger partial charge in [-0.05, 0) is 6.42 Å². The Balaban J connectivity index is 6.06. The first-order valence-corrected chi connectivity index (χ1v) is 9.62. The van der Waals surface area contributed by atoms with Gasteiger partial charge in [0.15, 0.2) is 0 Å². The lowest BCUT2D eigenvalue weighted by molar-refractivity contribution is -0.460. The van der Waals surface area contributed by atoms with Gasteiger partial charge in [-0.2, -0.15) is 74.6 Å². The van der Waals surface area contributed by atoms with Crippen molar-refractivity contribution in [3.05, 3.63) is 0 Å². The van der Waals surface area contributed by atoms with Crippen molar-refractivity contribution in [1.29, 1.82) is 0 Å². The molecule has 0 atom stereocenters. The first kappa shape index (κ1) is 34.3. The van der Waals surface area contributed by atoms with Gasteiger partial charge in [-0.3, -0.25) is 0 Å². The van der Waals surface area contributed by atoms with E-state index in [1.165, 1.54) is 0 Å². The predicted molar refractivity (Wildman–Crippen MR) is 85.0 cm³/mol. The maximum Gasteiger partial charge on any atom is 0.460 e. The number of hydrogen-bond donors (Lipinski definition) is 0. The molecule has 0 saturated heterocycles. The second-order valence-electron chi connectivity index (χ2n) is 7.42. The van der Waals surface area contributed by atoms with Gasteiger partial charge in [0.1, 0.15) is 0 Å². The molecule has 0 aromatic rings. The second kappa shape index (κ2) is 10.6. The van der Waals surface area contributed by atoms with E-state index >= 15 is 0 Å². The van der Waals surface area contributed by atoms with Crippen molar-refractivity contribution in [1.82, 2.24) is 0 Å². The molecule has 0 heterocycles. The Bertz CT molecular complexity index is 742. The molecule has 216 valence electrons. The third-order valence-electron chi connectivity index (χ3n) is 4.71. The summed E-state index contributed by atoms with van der Waals surface area (Å²) >= 11 is 0. The van der Waals surface area contributed by atoms with Crippen LogP contribution >= 0.6 is 0 Å². The van der Waals surface area contributed by atoms with Crippen LogP contribution in [0.5, 0.6) is 0 Å². The maximum atomic E-state index is 13.6. The summed E-state index contributed by atoms with van der Waals surface area (Å²) in [6, 6.07) is 0. The number of esters is 1. The normalized spacial score (nSPS) is 15.3. The Morgan fingerprint density at radius 3 is 1.22 bits per heavy atom. The van der Waals surface area contributed by atoms with Crippen molar-refractivity contribution in [3.63, 3.8) is 0 Å². The molecule has 0 aliphatic carbocycles. The minimum Gasteiger partial charge on any atom is -0.461 e. The van der Waals surface area contributed by atoms with E-state index in [-0.39, 0.29) is 12.8 Å². The standard InChI is InChI=1S/C17H17F17O2/c1-2-3-4-5-6-7-8-36-9(35)10(18,19)11(20,21)12(22,23)13(24,25)14(26,27)15(28,29)16(30,31)17(32,33)34/h2-8H2,1H3. The molecule has 0 bridgehead atoms. The molecular formula is C17H17F17O2. The highest BCUT2D eigenvalue weighted by atomic mass is 19.4. The Morgan fingerprint density at radius 2 is 0.833 bits per heavy atom. The average molecular weight is 576 g/mol. The molecule has 0 spiro atoms. The highest BCUT2D eigenvalue weighted by Gasteiger charge is 2.95. The minimum atomic E-state index is -8.73. The Hall–Kier alpha value is -1.72. The molecular weight excluding hydrogens is 559 g/mol. The van der Waals surface area contributed by atoms with Crippen LogP contribution in [0.1, 0.15) is 45.4 Å². The van der Waals surface area contributed by atoms with Crippen LogP contribution in [0.15, 0.2) is 0 Å². The summed E-state index contributed by atoms with van der Waals surface area (Å²) in [6.07, 6.45) is -5.68. The molecule has 0 rings (SSSR count). The van der Waals surface area contributed by atoms with E-state index in [1.54, 1.807) is 6.92 Å². The fourth-order valence-electron chi connectivity index (χ4n) is 2.43. The minimum absolute atomic E-state index is 0.0954. The maximum absolute atomic E-state index is 13.6. The van der Waals surface area contributed by atoms with Crippen molar-refractivity contribution < 1.29 is 84.2 Å². The van der Waals surface area contributed by atoms with Gasteiger partial charge in [-0.1, -0.05) is 39.0 Å². The molecule has 0 aliphatic rings.